The van der Waals surface area contributed by atoms with Crippen LogP contribution in [0.3, 0.4) is 0 Å². The largest absolute Gasteiger partial charge is 0.490 e. The van der Waals surface area contributed by atoms with Gasteiger partial charge >= 0.3 is 11.8 Å². The van der Waals surface area contributed by atoms with Crippen LogP contribution in [0.4, 0.5) is 10.5 Å². The van der Waals surface area contributed by atoms with E-state index in [-0.39, 0.29) is 23.6 Å². The van der Waals surface area contributed by atoms with Gasteiger partial charge in [-0.15, -0.1) is 0 Å². The van der Waals surface area contributed by atoms with Crippen molar-refractivity contribution >= 4 is 11.8 Å². The number of nitrogens with zero attached hydrogens (tertiary/aromatic N) is 2. The molecule has 1 amide bonds. The van der Waals surface area contributed by atoms with Gasteiger partial charge in [-0.25, -0.2) is 4.79 Å². The van der Waals surface area contributed by atoms with Gasteiger partial charge < -0.3 is 19.1 Å². The molecule has 136 valence electrons. The van der Waals surface area contributed by atoms with E-state index in [1.807, 2.05) is 20.8 Å². The van der Waals surface area contributed by atoms with E-state index >= 15 is 0 Å². The molecule has 8 nitrogen and oxygen atoms in total. The fraction of sp³-hybridized carbons (Fsp3) is 0.588. The summed E-state index contributed by atoms with van der Waals surface area (Å²) in [7, 11) is 1.40. The number of nitro groups is 1. The lowest BCUT2D eigenvalue weighted by molar-refractivity contribution is -0.385. The number of epoxide rings is 1. The second kappa shape index (κ2) is 5.87. The van der Waals surface area contributed by atoms with Gasteiger partial charge in [-0.1, -0.05) is 0 Å². The van der Waals surface area contributed by atoms with Crippen LogP contribution in [-0.2, 0) is 15.1 Å². The van der Waals surface area contributed by atoms with Crippen molar-refractivity contribution in [2.45, 2.75) is 44.5 Å². The van der Waals surface area contributed by atoms with Crippen molar-refractivity contribution in [1.29, 1.82) is 0 Å². The van der Waals surface area contributed by atoms with Gasteiger partial charge in [0.1, 0.15) is 17.3 Å². The molecule has 0 radical (unpaired) electrons. The molecule has 2 heterocycles. The Labute approximate surface area is 145 Å². The number of carbonyl (C=O) groups excluding carboxylic acids is 1. The summed E-state index contributed by atoms with van der Waals surface area (Å²) >= 11 is 0. The summed E-state index contributed by atoms with van der Waals surface area (Å²) in [6, 6.07) is 4.78. The number of piperidine rings is 1. The van der Waals surface area contributed by atoms with Crippen molar-refractivity contribution in [2.24, 2.45) is 0 Å². The first-order chi connectivity index (χ1) is 11.7. The summed E-state index contributed by atoms with van der Waals surface area (Å²) in [5.41, 5.74) is -0.280. The predicted octanol–water partition coefficient (Wildman–Crippen LogP) is 2.84. The summed E-state index contributed by atoms with van der Waals surface area (Å²) < 4.78 is 16.4. The van der Waals surface area contributed by atoms with Gasteiger partial charge in [-0.3, -0.25) is 10.1 Å². The van der Waals surface area contributed by atoms with E-state index in [1.54, 1.807) is 17.0 Å². The Bertz CT molecular complexity index is 714. The first kappa shape index (κ1) is 17.5. The molecular formula is C17H22N2O6. The number of nitro benzene ring substituents is 1. The highest BCUT2D eigenvalue weighted by atomic mass is 16.6. The van der Waals surface area contributed by atoms with Crippen LogP contribution in [-0.4, -0.2) is 47.8 Å². The van der Waals surface area contributed by atoms with Crippen molar-refractivity contribution in [2.75, 3.05) is 20.2 Å². The molecule has 8 heteroatoms. The summed E-state index contributed by atoms with van der Waals surface area (Å²) in [5, 5.41) is 11.0. The van der Waals surface area contributed by atoms with Crippen LogP contribution in [0.1, 0.15) is 32.8 Å². The van der Waals surface area contributed by atoms with Crippen LogP contribution in [0.5, 0.6) is 5.75 Å². The van der Waals surface area contributed by atoms with Crippen LogP contribution in [0.2, 0.25) is 0 Å². The standard InChI is InChI=1S/C17H22N2O6/c1-16(2,3)25-15(20)18-8-7-17(14(10-18)24-17)11-5-6-12(19(21)22)13(9-11)23-4/h5-6,9,14H,7-8,10H2,1-4H3/t14-,17-/m0/s1. The highest BCUT2D eigenvalue weighted by molar-refractivity contribution is 5.68. The third-order valence-corrected chi connectivity index (χ3v) is 4.47. The first-order valence-electron chi connectivity index (χ1n) is 8.15. The van der Waals surface area contributed by atoms with E-state index in [1.165, 1.54) is 13.2 Å². The first-order valence-corrected chi connectivity index (χ1v) is 8.15. The topological polar surface area (TPSA) is 94.4 Å². The number of benzene rings is 1. The van der Waals surface area contributed by atoms with Crippen LogP contribution in [0.15, 0.2) is 18.2 Å². The SMILES string of the molecule is COc1cc([C@@]23CCN(C(=O)OC(C)(C)C)C[C@@H]2O3)ccc1[N+](=O)[O-]. The fourth-order valence-electron chi connectivity index (χ4n) is 3.20. The Balaban J connectivity index is 1.73. The second-order valence-corrected chi connectivity index (χ2v) is 7.32. The number of rotatable bonds is 3. The van der Waals surface area contributed by atoms with Crippen molar-refractivity contribution in [3.63, 3.8) is 0 Å². The van der Waals surface area contributed by atoms with E-state index in [0.29, 0.717) is 19.5 Å². The van der Waals surface area contributed by atoms with Gasteiger partial charge in [0.15, 0.2) is 5.75 Å². The number of hydrogen-bond acceptors (Lipinski definition) is 6. The number of hydrogen-bond donors (Lipinski definition) is 0. The average molecular weight is 350 g/mol. The van der Waals surface area contributed by atoms with Crippen LogP contribution < -0.4 is 4.74 Å². The minimum absolute atomic E-state index is 0.0777. The maximum absolute atomic E-state index is 12.2. The lowest BCUT2D eigenvalue weighted by atomic mass is 9.88. The number of ether oxygens (including phenoxy) is 3. The third kappa shape index (κ3) is 3.26. The number of amides is 1. The highest BCUT2D eigenvalue weighted by Crippen LogP contribution is 2.53. The van der Waals surface area contributed by atoms with E-state index in [2.05, 4.69) is 0 Å². The summed E-state index contributed by atoms with van der Waals surface area (Å²) in [6.45, 7) is 6.43. The zero-order valence-corrected chi connectivity index (χ0v) is 14.8. The number of likely N-dealkylation sites (tertiary alicyclic amines) is 1. The van der Waals surface area contributed by atoms with Crippen LogP contribution in [0.25, 0.3) is 0 Å². The van der Waals surface area contributed by atoms with Crippen molar-refractivity contribution < 1.29 is 23.9 Å². The lowest BCUT2D eigenvalue weighted by Gasteiger charge is -2.31. The van der Waals surface area contributed by atoms with Gasteiger partial charge in [-0.2, -0.15) is 0 Å². The van der Waals surface area contributed by atoms with Crippen LogP contribution in [0, 0.1) is 10.1 Å². The monoisotopic (exact) mass is 350 g/mol. The van der Waals surface area contributed by atoms with Gasteiger partial charge in [0, 0.05) is 19.0 Å². The molecular weight excluding hydrogens is 328 g/mol. The Morgan fingerprint density at radius 3 is 2.72 bits per heavy atom. The maximum atomic E-state index is 12.2. The normalized spacial score (nSPS) is 25.1. The Morgan fingerprint density at radius 1 is 1.44 bits per heavy atom. The number of carbonyl (C=O) groups is 1. The Hall–Kier alpha value is -2.35. The molecule has 0 bridgehead atoms. The minimum atomic E-state index is -0.540. The van der Waals surface area contributed by atoms with Crippen molar-refractivity contribution in [1.82, 2.24) is 4.90 Å². The molecule has 2 fully saturated rings. The van der Waals surface area contributed by atoms with E-state index in [9.17, 15) is 14.9 Å². The molecule has 0 aliphatic carbocycles. The summed E-state index contributed by atoms with van der Waals surface area (Å²) in [4.78, 5) is 24.4. The molecule has 25 heavy (non-hydrogen) atoms. The van der Waals surface area contributed by atoms with E-state index < -0.39 is 16.1 Å². The van der Waals surface area contributed by atoms with Crippen LogP contribution >= 0.6 is 0 Å². The molecule has 0 saturated carbocycles. The summed E-state index contributed by atoms with van der Waals surface area (Å²) in [5.74, 6) is 0.209. The smallest absolute Gasteiger partial charge is 0.410 e. The maximum Gasteiger partial charge on any atom is 0.410 e. The van der Waals surface area contributed by atoms with Gasteiger partial charge in [0.25, 0.3) is 0 Å². The van der Waals surface area contributed by atoms with E-state index in [0.717, 1.165) is 5.56 Å². The zero-order valence-electron chi connectivity index (χ0n) is 14.8. The Morgan fingerprint density at radius 2 is 2.16 bits per heavy atom. The molecule has 0 N–H and O–H groups in total. The number of fused-ring (bicyclic) bond motifs is 1. The average Bonchev–Trinajstić information content (AvgIpc) is 3.27. The molecule has 0 spiro atoms. The quantitative estimate of drug-likeness (QED) is 0.473. The van der Waals surface area contributed by atoms with Gasteiger partial charge in [-0.05, 0) is 38.5 Å². The predicted molar refractivity (Wildman–Crippen MR) is 88.6 cm³/mol. The lowest BCUT2D eigenvalue weighted by Crippen LogP contribution is -2.44. The molecule has 2 atom stereocenters. The molecule has 1 aromatic carbocycles. The van der Waals surface area contributed by atoms with E-state index in [4.69, 9.17) is 14.2 Å². The summed E-state index contributed by atoms with van der Waals surface area (Å²) in [6.07, 6.45) is 0.121. The Kier molecular flexibility index (Phi) is 4.10. The van der Waals surface area contributed by atoms with Crippen molar-refractivity contribution in [3.8, 4) is 5.75 Å². The molecule has 2 aliphatic heterocycles. The number of methoxy groups -OCH3 is 1. The van der Waals surface area contributed by atoms with Gasteiger partial charge in [0.05, 0.1) is 18.6 Å². The van der Waals surface area contributed by atoms with Gasteiger partial charge in [0.2, 0.25) is 0 Å². The molecule has 2 saturated heterocycles. The molecule has 2 aliphatic rings. The zero-order chi connectivity index (χ0) is 18.4. The molecule has 3 rings (SSSR count). The third-order valence-electron chi connectivity index (χ3n) is 4.47. The molecule has 1 aromatic rings. The molecule has 0 aromatic heterocycles. The minimum Gasteiger partial charge on any atom is -0.490 e. The second-order valence-electron chi connectivity index (χ2n) is 7.32. The fourth-order valence-corrected chi connectivity index (χ4v) is 3.20. The van der Waals surface area contributed by atoms with Crippen molar-refractivity contribution in [3.05, 3.63) is 33.9 Å². The highest BCUT2D eigenvalue weighted by Gasteiger charge is 2.61. The molecule has 0 unspecified atom stereocenters.